The zero-order valence-corrected chi connectivity index (χ0v) is 20.4. The molecular formula is C26H28N4O5S. The number of nitrogens with two attached hydrogens (primary N) is 2. The second-order valence-electron chi connectivity index (χ2n) is 9.12. The fraction of sp³-hybridized carbons (Fsp3) is 0.269. The molecule has 0 aliphatic carbocycles. The molecule has 0 bridgehead atoms. The van der Waals surface area contributed by atoms with Crippen LogP contribution in [0, 0.1) is 11.3 Å². The number of amides is 1. The summed E-state index contributed by atoms with van der Waals surface area (Å²) in [6, 6.07) is 18.1. The van der Waals surface area contributed by atoms with Crippen LogP contribution in [0.5, 0.6) is 0 Å². The van der Waals surface area contributed by atoms with Crippen LogP contribution in [0.3, 0.4) is 0 Å². The molecule has 0 aromatic heterocycles. The first kappa shape index (κ1) is 25.3. The van der Waals surface area contributed by atoms with E-state index in [2.05, 4.69) is 0 Å². The molecule has 1 saturated heterocycles. The Kier molecular flexibility index (Phi) is 6.83. The molecule has 0 saturated carbocycles. The lowest BCUT2D eigenvalue weighted by molar-refractivity contribution is -0.146. The maximum absolute atomic E-state index is 14.0. The van der Waals surface area contributed by atoms with Gasteiger partial charge in [0.25, 0.3) is 5.91 Å². The van der Waals surface area contributed by atoms with E-state index in [-0.39, 0.29) is 30.2 Å². The van der Waals surface area contributed by atoms with Crippen LogP contribution < -0.4 is 11.5 Å². The minimum atomic E-state index is -4.43. The highest BCUT2D eigenvalue weighted by Gasteiger charge is 2.51. The van der Waals surface area contributed by atoms with Crippen molar-refractivity contribution in [2.24, 2.45) is 17.4 Å². The van der Waals surface area contributed by atoms with Gasteiger partial charge in [0, 0.05) is 25.1 Å². The highest BCUT2D eigenvalue weighted by molar-refractivity contribution is 7.93. The van der Waals surface area contributed by atoms with Crippen molar-refractivity contribution < 1.29 is 23.1 Å². The van der Waals surface area contributed by atoms with Crippen LogP contribution in [0.1, 0.15) is 24.0 Å². The van der Waals surface area contributed by atoms with Crippen molar-refractivity contribution in [1.29, 1.82) is 5.41 Å². The number of aliphatic carboxylic acids is 1. The molecule has 0 radical (unpaired) electrons. The molecule has 1 heterocycles. The summed E-state index contributed by atoms with van der Waals surface area (Å²) in [5.74, 6) is -2.80. The molecule has 6 N–H and O–H groups in total. The van der Waals surface area contributed by atoms with Gasteiger partial charge < -0.3 is 21.5 Å². The van der Waals surface area contributed by atoms with Crippen molar-refractivity contribution in [3.63, 3.8) is 0 Å². The molecule has 0 spiro atoms. The van der Waals surface area contributed by atoms with Gasteiger partial charge in [-0.1, -0.05) is 54.6 Å². The predicted octanol–water partition coefficient (Wildman–Crippen LogP) is 2.12. The van der Waals surface area contributed by atoms with E-state index in [4.69, 9.17) is 16.9 Å². The van der Waals surface area contributed by atoms with Gasteiger partial charge in [-0.05, 0) is 41.3 Å². The summed E-state index contributed by atoms with van der Waals surface area (Å²) in [5.41, 5.74) is 13.0. The van der Waals surface area contributed by atoms with E-state index >= 15 is 0 Å². The Labute approximate surface area is 209 Å². The number of hydrogen-bond acceptors (Lipinski definition) is 6. The van der Waals surface area contributed by atoms with Crippen molar-refractivity contribution in [3.05, 3.63) is 77.9 Å². The number of nitrogen functional groups attached to an aromatic ring is 1. The highest BCUT2D eigenvalue weighted by Crippen LogP contribution is 2.31. The first-order valence-corrected chi connectivity index (χ1v) is 13.0. The first-order valence-electron chi connectivity index (χ1n) is 11.5. The van der Waals surface area contributed by atoms with Gasteiger partial charge in [0.05, 0.1) is 10.8 Å². The molecule has 3 aromatic rings. The molecule has 1 unspecified atom stereocenters. The number of nitrogens with one attached hydrogen (secondary N) is 1. The largest absolute Gasteiger partial charge is 0.481 e. The number of likely N-dealkylation sites (tertiary alicyclic amines) is 1. The number of sulfone groups is 1. The molecule has 4 rings (SSSR count). The third-order valence-electron chi connectivity index (χ3n) is 6.66. The summed E-state index contributed by atoms with van der Waals surface area (Å²) in [5, 5.41) is 18.6. The Morgan fingerprint density at radius 2 is 1.72 bits per heavy atom. The summed E-state index contributed by atoms with van der Waals surface area (Å²) < 4.78 is 28.1. The Balaban J connectivity index is 1.79. The smallest absolute Gasteiger partial charge is 0.308 e. The number of carbonyl (C=O) groups is 2. The second-order valence-corrected chi connectivity index (χ2v) is 11.3. The van der Waals surface area contributed by atoms with Crippen LogP contribution in [0.25, 0.3) is 10.8 Å². The normalized spacial score (nSPS) is 17.9. The average Bonchev–Trinajstić information content (AvgIpc) is 2.88. The molecule has 1 fully saturated rings. The van der Waals surface area contributed by atoms with Crippen LogP contribution in [0.2, 0.25) is 0 Å². The maximum Gasteiger partial charge on any atom is 0.308 e. The van der Waals surface area contributed by atoms with Crippen LogP contribution in [-0.4, -0.2) is 54.1 Å². The van der Waals surface area contributed by atoms with E-state index in [9.17, 15) is 23.1 Å². The number of amidine groups is 1. The third-order valence-corrected chi connectivity index (χ3v) is 8.81. The molecule has 2 atom stereocenters. The van der Waals surface area contributed by atoms with Crippen molar-refractivity contribution in [1.82, 2.24) is 4.90 Å². The Hall–Kier alpha value is -3.76. The number of carboxylic acids is 1. The van der Waals surface area contributed by atoms with E-state index in [0.717, 1.165) is 5.39 Å². The Bertz CT molecular complexity index is 1440. The Morgan fingerprint density at radius 3 is 2.36 bits per heavy atom. The van der Waals surface area contributed by atoms with Crippen LogP contribution in [0.4, 0.5) is 0 Å². The topological polar surface area (TPSA) is 168 Å². The summed E-state index contributed by atoms with van der Waals surface area (Å²) in [6.07, 6.45) is 0.496. The standard InChI is InChI=1S/C26H28N4O5S/c27-23(28)19-9-7-17(8-10-19)15-26(29,25(33)30-13-3-6-21(16-30)24(31)32)36(34,35)22-12-11-18-4-1-2-5-20(18)14-22/h1-2,4-5,7-12,14,21H,3,6,13,15-16,29H2,(H3,27,28)(H,31,32)/t21?,26-/m1/s1. The van der Waals surface area contributed by atoms with Crippen molar-refractivity contribution in [2.75, 3.05) is 13.1 Å². The van der Waals surface area contributed by atoms with Gasteiger partial charge in [-0.3, -0.25) is 15.0 Å². The van der Waals surface area contributed by atoms with E-state index < -0.39 is 32.5 Å². The first-order chi connectivity index (χ1) is 17.0. The van der Waals surface area contributed by atoms with E-state index in [0.29, 0.717) is 29.4 Å². The number of rotatable bonds is 7. The monoisotopic (exact) mass is 508 g/mol. The number of hydrogen-bond donors (Lipinski definition) is 4. The third kappa shape index (κ3) is 4.69. The van der Waals surface area contributed by atoms with Crippen LogP contribution in [0.15, 0.2) is 71.6 Å². The summed E-state index contributed by atoms with van der Waals surface area (Å²) >= 11 is 0. The van der Waals surface area contributed by atoms with Crippen LogP contribution >= 0.6 is 0 Å². The molecule has 1 aliphatic rings. The molecule has 3 aromatic carbocycles. The molecule has 9 nitrogen and oxygen atoms in total. The number of benzene rings is 3. The molecule has 1 aliphatic heterocycles. The molecule has 188 valence electrons. The number of fused-ring (bicyclic) bond motifs is 1. The zero-order valence-electron chi connectivity index (χ0n) is 19.6. The molecule has 10 heteroatoms. The average molecular weight is 509 g/mol. The lowest BCUT2D eigenvalue weighted by Crippen LogP contribution is -2.63. The minimum absolute atomic E-state index is 0.0933. The Morgan fingerprint density at radius 1 is 1.06 bits per heavy atom. The van der Waals surface area contributed by atoms with Gasteiger partial charge in [0.1, 0.15) is 5.84 Å². The fourth-order valence-corrected chi connectivity index (χ4v) is 6.23. The van der Waals surface area contributed by atoms with Gasteiger partial charge in [0.15, 0.2) is 0 Å². The lowest BCUT2D eigenvalue weighted by Gasteiger charge is -2.37. The number of piperidine rings is 1. The van der Waals surface area contributed by atoms with Gasteiger partial charge in [-0.15, -0.1) is 0 Å². The van der Waals surface area contributed by atoms with Crippen molar-refractivity contribution in [3.8, 4) is 0 Å². The van der Waals surface area contributed by atoms with Crippen molar-refractivity contribution in [2.45, 2.75) is 29.0 Å². The maximum atomic E-state index is 14.0. The van der Waals surface area contributed by atoms with Gasteiger partial charge >= 0.3 is 5.97 Å². The fourth-order valence-electron chi connectivity index (χ4n) is 4.57. The van der Waals surface area contributed by atoms with E-state index in [1.165, 1.54) is 17.0 Å². The molecule has 36 heavy (non-hydrogen) atoms. The summed E-state index contributed by atoms with van der Waals surface area (Å²) in [7, 11) is -4.43. The highest BCUT2D eigenvalue weighted by atomic mass is 32.2. The second kappa shape index (κ2) is 9.71. The van der Waals surface area contributed by atoms with Crippen LogP contribution in [-0.2, 0) is 25.8 Å². The van der Waals surface area contributed by atoms with Gasteiger partial charge in [-0.2, -0.15) is 0 Å². The predicted molar refractivity (Wildman–Crippen MR) is 136 cm³/mol. The van der Waals surface area contributed by atoms with Gasteiger partial charge in [-0.25, -0.2) is 8.42 Å². The SMILES string of the molecule is N=C(N)c1ccc(C[C@](N)(C(=O)N2CCCC(C(=O)O)C2)S(=O)(=O)c2ccc3ccccc3c2)cc1. The molecule has 1 amide bonds. The lowest BCUT2D eigenvalue weighted by atomic mass is 9.96. The van der Waals surface area contributed by atoms with E-state index in [1.54, 1.807) is 42.5 Å². The zero-order chi connectivity index (χ0) is 26.1. The van der Waals surface area contributed by atoms with Crippen molar-refractivity contribution >= 4 is 38.3 Å². The number of carboxylic acid groups (broad SMARTS) is 1. The summed E-state index contributed by atoms with van der Waals surface area (Å²) in [4.78, 5) is 24.2. The summed E-state index contributed by atoms with van der Waals surface area (Å²) in [6.45, 7) is 0.113. The molecular weight excluding hydrogens is 480 g/mol. The number of nitrogens with zero attached hydrogens (tertiary/aromatic N) is 1. The minimum Gasteiger partial charge on any atom is -0.481 e. The number of carbonyl (C=O) groups excluding carboxylic acids is 1. The quantitative estimate of drug-likeness (QED) is 0.280. The van der Waals surface area contributed by atoms with Gasteiger partial charge in [0.2, 0.25) is 14.7 Å². The van der Waals surface area contributed by atoms with E-state index in [1.807, 2.05) is 12.1 Å².